The molecule has 6 heteroatoms. The van der Waals surface area contributed by atoms with Crippen LogP contribution in [0.4, 0.5) is 0 Å². The summed E-state index contributed by atoms with van der Waals surface area (Å²) in [5.41, 5.74) is 3.36. The van der Waals surface area contributed by atoms with E-state index in [-0.39, 0.29) is 5.78 Å². The Balaban J connectivity index is 1.43. The van der Waals surface area contributed by atoms with Gasteiger partial charge in [0.25, 0.3) is 0 Å². The summed E-state index contributed by atoms with van der Waals surface area (Å²) in [6.07, 6.45) is 3.88. The molecule has 154 valence electrons. The van der Waals surface area contributed by atoms with Gasteiger partial charge in [0.1, 0.15) is 26.4 Å². The number of likely N-dealkylation sites (tertiary alicyclic amines) is 1. The van der Waals surface area contributed by atoms with Crippen molar-refractivity contribution in [1.82, 2.24) is 4.90 Å². The van der Waals surface area contributed by atoms with E-state index in [0.29, 0.717) is 39.5 Å². The number of carbonyl (C=O) groups excluding carboxylic acids is 1. The lowest BCUT2D eigenvalue weighted by Gasteiger charge is -2.26. The first-order valence-corrected chi connectivity index (χ1v) is 10.1. The number of rotatable bonds is 2. The molecule has 0 aliphatic carbocycles. The van der Waals surface area contributed by atoms with E-state index in [0.717, 1.165) is 45.3 Å². The number of fused-ring (bicyclic) bond motifs is 2. The summed E-state index contributed by atoms with van der Waals surface area (Å²) in [6.45, 7) is 3.40. The third-order valence-corrected chi connectivity index (χ3v) is 5.28. The van der Waals surface area contributed by atoms with Crippen LogP contribution >= 0.6 is 0 Å². The second kappa shape index (κ2) is 7.88. The SMILES string of the molecule is CN1CC(=Cc2ccc3c(c2)OCCO3)C(=O)C(=Cc2ccc3c(c2)OCCO3)C1. The van der Waals surface area contributed by atoms with Crippen LogP contribution in [0.1, 0.15) is 11.1 Å². The van der Waals surface area contributed by atoms with Gasteiger partial charge in [-0.2, -0.15) is 0 Å². The van der Waals surface area contributed by atoms with Crippen molar-refractivity contribution in [2.45, 2.75) is 0 Å². The Labute approximate surface area is 175 Å². The van der Waals surface area contributed by atoms with Crippen molar-refractivity contribution in [2.75, 3.05) is 46.6 Å². The highest BCUT2D eigenvalue weighted by Crippen LogP contribution is 2.33. The van der Waals surface area contributed by atoms with Crippen LogP contribution in [0, 0.1) is 0 Å². The van der Waals surface area contributed by atoms with E-state index in [1.807, 2.05) is 55.6 Å². The number of carbonyl (C=O) groups is 1. The highest BCUT2D eigenvalue weighted by molar-refractivity contribution is 6.14. The normalized spacial score (nSPS) is 21.2. The lowest BCUT2D eigenvalue weighted by atomic mass is 9.94. The van der Waals surface area contributed by atoms with Crippen LogP contribution in [0.3, 0.4) is 0 Å². The first-order chi connectivity index (χ1) is 14.7. The highest BCUT2D eigenvalue weighted by atomic mass is 16.6. The van der Waals surface area contributed by atoms with Gasteiger partial charge in [-0.1, -0.05) is 12.1 Å². The van der Waals surface area contributed by atoms with Crippen molar-refractivity contribution >= 4 is 17.9 Å². The summed E-state index contributed by atoms with van der Waals surface area (Å²) < 4.78 is 22.5. The smallest absolute Gasteiger partial charge is 0.187 e. The standard InChI is InChI=1S/C24H23NO5/c1-25-14-18(10-16-2-4-20-22(12-16)29-8-6-27-20)24(26)19(15-25)11-17-3-5-21-23(13-17)30-9-7-28-21/h2-5,10-13H,6-9,14-15H2,1H3. The van der Waals surface area contributed by atoms with E-state index in [1.54, 1.807) is 0 Å². The molecule has 2 aromatic rings. The van der Waals surface area contributed by atoms with Gasteiger partial charge in [0.2, 0.25) is 0 Å². The number of nitrogens with zero attached hydrogens (tertiary/aromatic N) is 1. The number of hydrogen-bond donors (Lipinski definition) is 0. The van der Waals surface area contributed by atoms with E-state index >= 15 is 0 Å². The number of Topliss-reactive ketones (excluding diaryl/α,β-unsaturated/α-hetero) is 1. The average molecular weight is 405 g/mol. The van der Waals surface area contributed by atoms with E-state index < -0.39 is 0 Å². The number of ether oxygens (including phenoxy) is 4. The van der Waals surface area contributed by atoms with Gasteiger partial charge in [-0.25, -0.2) is 0 Å². The fraction of sp³-hybridized carbons (Fsp3) is 0.292. The second-order valence-electron chi connectivity index (χ2n) is 7.65. The molecule has 1 fully saturated rings. The van der Waals surface area contributed by atoms with Crippen LogP contribution in [-0.2, 0) is 4.79 Å². The highest BCUT2D eigenvalue weighted by Gasteiger charge is 2.24. The zero-order valence-corrected chi connectivity index (χ0v) is 16.8. The summed E-state index contributed by atoms with van der Waals surface area (Å²) >= 11 is 0. The molecule has 0 saturated carbocycles. The second-order valence-corrected chi connectivity index (χ2v) is 7.65. The molecule has 0 N–H and O–H groups in total. The molecule has 6 nitrogen and oxygen atoms in total. The molecule has 0 spiro atoms. The topological polar surface area (TPSA) is 57.2 Å². The minimum Gasteiger partial charge on any atom is -0.486 e. The summed E-state index contributed by atoms with van der Waals surface area (Å²) in [6, 6.07) is 11.5. The fourth-order valence-electron chi connectivity index (χ4n) is 3.91. The molecule has 0 atom stereocenters. The monoisotopic (exact) mass is 405 g/mol. The zero-order valence-electron chi connectivity index (χ0n) is 16.8. The molecule has 3 aliphatic rings. The average Bonchev–Trinajstić information content (AvgIpc) is 2.77. The van der Waals surface area contributed by atoms with Gasteiger partial charge >= 0.3 is 0 Å². The van der Waals surface area contributed by atoms with Crippen molar-refractivity contribution < 1.29 is 23.7 Å². The third kappa shape index (κ3) is 3.78. The Morgan fingerprint density at radius 3 is 1.60 bits per heavy atom. The Bertz CT molecular complexity index is 974. The van der Waals surface area contributed by atoms with Gasteiger partial charge < -0.3 is 18.9 Å². The summed E-state index contributed by atoms with van der Waals surface area (Å²) in [4.78, 5) is 15.3. The van der Waals surface area contributed by atoms with Gasteiger partial charge in [0.05, 0.1) is 0 Å². The van der Waals surface area contributed by atoms with E-state index in [1.165, 1.54) is 0 Å². The number of likely N-dealkylation sites (N-methyl/N-ethyl adjacent to an activating group) is 1. The van der Waals surface area contributed by atoms with Crippen molar-refractivity contribution in [3.05, 3.63) is 58.7 Å². The maximum Gasteiger partial charge on any atom is 0.187 e. The maximum absolute atomic E-state index is 13.2. The van der Waals surface area contributed by atoms with Crippen molar-refractivity contribution in [1.29, 1.82) is 0 Å². The first kappa shape index (κ1) is 18.8. The predicted molar refractivity (Wildman–Crippen MR) is 113 cm³/mol. The molecule has 2 aromatic carbocycles. The van der Waals surface area contributed by atoms with Crippen LogP contribution in [0.2, 0.25) is 0 Å². The van der Waals surface area contributed by atoms with E-state index in [9.17, 15) is 4.79 Å². The predicted octanol–water partition coefficient (Wildman–Crippen LogP) is 3.21. The molecule has 0 unspecified atom stereocenters. The van der Waals surface area contributed by atoms with Crippen molar-refractivity contribution in [3.8, 4) is 23.0 Å². The van der Waals surface area contributed by atoms with E-state index in [2.05, 4.69) is 4.90 Å². The first-order valence-electron chi connectivity index (χ1n) is 10.1. The van der Waals surface area contributed by atoms with Gasteiger partial charge in [-0.15, -0.1) is 0 Å². The maximum atomic E-state index is 13.2. The largest absolute Gasteiger partial charge is 0.486 e. The van der Waals surface area contributed by atoms with Gasteiger partial charge in [0.15, 0.2) is 28.8 Å². The molecular formula is C24H23NO5. The van der Waals surface area contributed by atoms with Crippen LogP contribution in [0.25, 0.3) is 12.2 Å². The van der Waals surface area contributed by atoms with Crippen LogP contribution in [0.5, 0.6) is 23.0 Å². The molecule has 3 heterocycles. The molecule has 3 aliphatic heterocycles. The van der Waals surface area contributed by atoms with Crippen molar-refractivity contribution in [2.24, 2.45) is 0 Å². The number of piperidine rings is 1. The molecule has 0 aromatic heterocycles. The van der Waals surface area contributed by atoms with Gasteiger partial charge in [-0.05, 0) is 54.6 Å². The molecule has 0 amide bonds. The molecule has 30 heavy (non-hydrogen) atoms. The molecule has 0 bridgehead atoms. The van der Waals surface area contributed by atoms with Gasteiger partial charge in [0, 0.05) is 24.2 Å². The Kier molecular flexibility index (Phi) is 4.93. The van der Waals surface area contributed by atoms with E-state index in [4.69, 9.17) is 18.9 Å². The fourth-order valence-corrected chi connectivity index (χ4v) is 3.91. The van der Waals surface area contributed by atoms with Crippen LogP contribution in [-0.4, -0.2) is 57.2 Å². The molecule has 0 radical (unpaired) electrons. The third-order valence-electron chi connectivity index (χ3n) is 5.28. The van der Waals surface area contributed by atoms with Crippen molar-refractivity contribution in [3.63, 3.8) is 0 Å². The Morgan fingerprint density at radius 2 is 1.13 bits per heavy atom. The van der Waals surface area contributed by atoms with Crippen LogP contribution in [0.15, 0.2) is 47.5 Å². The molecule has 5 rings (SSSR count). The summed E-state index contributed by atoms with van der Waals surface area (Å²) in [7, 11) is 2.02. The molecule has 1 saturated heterocycles. The summed E-state index contributed by atoms with van der Waals surface area (Å²) in [5.74, 6) is 3.00. The minimum atomic E-state index is 0.0675. The lowest BCUT2D eigenvalue weighted by Crippen LogP contribution is -2.34. The lowest BCUT2D eigenvalue weighted by molar-refractivity contribution is -0.113. The quantitative estimate of drug-likeness (QED) is 0.716. The molecular weight excluding hydrogens is 382 g/mol. The Hall–Kier alpha value is -3.25. The number of hydrogen-bond acceptors (Lipinski definition) is 6. The number of benzene rings is 2. The Morgan fingerprint density at radius 1 is 0.700 bits per heavy atom. The minimum absolute atomic E-state index is 0.0675. The summed E-state index contributed by atoms with van der Waals surface area (Å²) in [5, 5.41) is 0. The zero-order chi connectivity index (χ0) is 20.5. The number of ketones is 1. The van der Waals surface area contributed by atoms with Gasteiger partial charge in [-0.3, -0.25) is 9.69 Å². The van der Waals surface area contributed by atoms with Crippen LogP contribution < -0.4 is 18.9 Å².